The van der Waals surface area contributed by atoms with Crippen molar-refractivity contribution in [1.29, 1.82) is 0 Å². The number of esters is 1. The molecule has 2 aromatic carbocycles. The number of rotatable bonds is 5. The third-order valence-electron chi connectivity index (χ3n) is 4.35. The van der Waals surface area contributed by atoms with Gasteiger partial charge >= 0.3 is 5.97 Å². The Morgan fingerprint density at radius 3 is 2.64 bits per heavy atom. The zero-order valence-corrected chi connectivity index (χ0v) is 15.8. The summed E-state index contributed by atoms with van der Waals surface area (Å²) in [6, 6.07) is 11.1. The van der Waals surface area contributed by atoms with E-state index in [1.807, 2.05) is 31.2 Å². The molecule has 0 radical (unpaired) electrons. The predicted octanol–water partition coefficient (Wildman–Crippen LogP) is 3.32. The van der Waals surface area contributed by atoms with Gasteiger partial charge in [-0.15, -0.1) is 0 Å². The first-order valence-corrected chi connectivity index (χ1v) is 9.00. The van der Waals surface area contributed by atoms with Gasteiger partial charge in [0.05, 0.1) is 10.9 Å². The van der Waals surface area contributed by atoms with Crippen molar-refractivity contribution in [1.82, 2.24) is 0 Å². The maximum absolute atomic E-state index is 13.1. The summed E-state index contributed by atoms with van der Waals surface area (Å²) in [5.41, 5.74) is 2.07. The number of anilines is 2. The van der Waals surface area contributed by atoms with Gasteiger partial charge in [0.15, 0.2) is 6.61 Å². The van der Waals surface area contributed by atoms with E-state index in [0.717, 1.165) is 17.3 Å². The number of carbonyl (C=O) groups excluding carboxylic acids is 3. The summed E-state index contributed by atoms with van der Waals surface area (Å²) in [4.78, 5) is 37.9. The molecule has 8 heteroatoms. The van der Waals surface area contributed by atoms with E-state index in [1.165, 1.54) is 17.0 Å². The van der Waals surface area contributed by atoms with E-state index in [9.17, 15) is 18.8 Å². The quantitative estimate of drug-likeness (QED) is 0.776. The Bertz CT molecular complexity index is 917. The van der Waals surface area contributed by atoms with Gasteiger partial charge in [-0.05, 0) is 37.3 Å². The van der Waals surface area contributed by atoms with Gasteiger partial charge in [-0.25, -0.2) is 4.39 Å². The summed E-state index contributed by atoms with van der Waals surface area (Å²) < 4.78 is 18.2. The second kappa shape index (κ2) is 8.39. The van der Waals surface area contributed by atoms with Crippen LogP contribution in [0.2, 0.25) is 5.02 Å². The molecule has 1 N–H and O–H groups in total. The topological polar surface area (TPSA) is 75.7 Å². The standard InChI is InChI=1S/C20H18ClFN2O4/c1-12-2-5-15(6-3-12)24-10-13(8-19(24)26)20(27)28-11-18(25)23-14-4-7-17(22)16(21)9-14/h2-7,9,13H,8,10-11H2,1H3,(H,23,25)/t13-/m1/s1. The predicted molar refractivity (Wildman–Crippen MR) is 103 cm³/mol. The van der Waals surface area contributed by atoms with Crippen LogP contribution in [-0.4, -0.2) is 30.9 Å². The van der Waals surface area contributed by atoms with Gasteiger partial charge in [-0.3, -0.25) is 14.4 Å². The van der Waals surface area contributed by atoms with Crippen LogP contribution in [0, 0.1) is 18.7 Å². The lowest BCUT2D eigenvalue weighted by Gasteiger charge is -2.16. The second-order valence-corrected chi connectivity index (χ2v) is 6.93. The van der Waals surface area contributed by atoms with Crippen molar-refractivity contribution in [2.24, 2.45) is 5.92 Å². The summed E-state index contributed by atoms with van der Waals surface area (Å²) in [6.07, 6.45) is 0.0297. The minimum Gasteiger partial charge on any atom is -0.455 e. The van der Waals surface area contributed by atoms with Crippen LogP contribution >= 0.6 is 11.6 Å². The number of carbonyl (C=O) groups is 3. The molecule has 3 rings (SSSR count). The molecule has 2 amide bonds. The second-order valence-electron chi connectivity index (χ2n) is 6.53. The van der Waals surface area contributed by atoms with E-state index in [2.05, 4.69) is 5.32 Å². The Kier molecular flexibility index (Phi) is 5.94. The molecule has 0 bridgehead atoms. The van der Waals surface area contributed by atoms with E-state index in [4.69, 9.17) is 16.3 Å². The molecule has 1 aliphatic heterocycles. The van der Waals surface area contributed by atoms with Gasteiger partial charge in [-0.1, -0.05) is 29.3 Å². The Labute approximate surface area is 166 Å². The Morgan fingerprint density at radius 2 is 1.96 bits per heavy atom. The SMILES string of the molecule is Cc1ccc(N2C[C@H](C(=O)OCC(=O)Nc3ccc(F)c(Cl)c3)CC2=O)cc1. The maximum atomic E-state index is 13.1. The zero-order chi connectivity index (χ0) is 20.3. The van der Waals surface area contributed by atoms with E-state index >= 15 is 0 Å². The maximum Gasteiger partial charge on any atom is 0.311 e. The molecule has 1 heterocycles. The number of hydrogen-bond acceptors (Lipinski definition) is 4. The van der Waals surface area contributed by atoms with Gasteiger partial charge in [0.2, 0.25) is 5.91 Å². The lowest BCUT2D eigenvalue weighted by molar-refractivity contribution is -0.151. The van der Waals surface area contributed by atoms with Gasteiger partial charge < -0.3 is 15.0 Å². The number of nitrogens with zero attached hydrogens (tertiary/aromatic N) is 1. The molecular formula is C20H18ClFN2O4. The summed E-state index contributed by atoms with van der Waals surface area (Å²) in [7, 11) is 0. The number of benzene rings is 2. The Hall–Kier alpha value is -2.93. The normalized spacial score (nSPS) is 16.2. The highest BCUT2D eigenvalue weighted by molar-refractivity contribution is 6.31. The molecule has 0 aliphatic carbocycles. The number of amides is 2. The number of hydrogen-bond donors (Lipinski definition) is 1. The van der Waals surface area contributed by atoms with Crippen LogP contribution in [0.1, 0.15) is 12.0 Å². The van der Waals surface area contributed by atoms with Crippen LogP contribution in [0.4, 0.5) is 15.8 Å². The van der Waals surface area contributed by atoms with Crippen LogP contribution < -0.4 is 10.2 Å². The van der Waals surface area contributed by atoms with Crippen LogP contribution in [0.15, 0.2) is 42.5 Å². The molecule has 146 valence electrons. The van der Waals surface area contributed by atoms with Crippen LogP contribution in [0.3, 0.4) is 0 Å². The summed E-state index contributed by atoms with van der Waals surface area (Å²) in [5.74, 6) is -2.61. The number of ether oxygens (including phenoxy) is 1. The highest BCUT2D eigenvalue weighted by Gasteiger charge is 2.36. The molecule has 1 saturated heterocycles. The molecule has 0 spiro atoms. The van der Waals surface area contributed by atoms with Crippen molar-refractivity contribution in [3.63, 3.8) is 0 Å². The number of nitrogens with one attached hydrogen (secondary N) is 1. The molecule has 0 unspecified atom stereocenters. The minimum absolute atomic E-state index is 0.0297. The number of aryl methyl sites for hydroxylation is 1. The summed E-state index contributed by atoms with van der Waals surface area (Å²) in [6.45, 7) is 1.64. The summed E-state index contributed by atoms with van der Waals surface area (Å²) in [5, 5.41) is 2.33. The van der Waals surface area contributed by atoms with Crippen LogP contribution in [0.5, 0.6) is 0 Å². The fourth-order valence-electron chi connectivity index (χ4n) is 2.87. The molecule has 1 aliphatic rings. The van der Waals surface area contributed by atoms with Gasteiger partial charge in [0, 0.05) is 24.3 Å². The smallest absolute Gasteiger partial charge is 0.311 e. The largest absolute Gasteiger partial charge is 0.455 e. The fraction of sp³-hybridized carbons (Fsp3) is 0.250. The van der Waals surface area contributed by atoms with E-state index in [0.29, 0.717) is 0 Å². The van der Waals surface area contributed by atoms with Crippen molar-refractivity contribution in [2.45, 2.75) is 13.3 Å². The molecular weight excluding hydrogens is 387 g/mol. The highest BCUT2D eigenvalue weighted by atomic mass is 35.5. The first-order chi connectivity index (χ1) is 13.3. The minimum atomic E-state index is -0.637. The van der Waals surface area contributed by atoms with Gasteiger partial charge in [-0.2, -0.15) is 0 Å². The third kappa shape index (κ3) is 4.67. The average molecular weight is 405 g/mol. The average Bonchev–Trinajstić information content (AvgIpc) is 3.05. The van der Waals surface area contributed by atoms with E-state index in [1.54, 1.807) is 0 Å². The molecule has 0 saturated carbocycles. The zero-order valence-electron chi connectivity index (χ0n) is 15.1. The Balaban J connectivity index is 1.52. The van der Waals surface area contributed by atoms with Gasteiger partial charge in [0.25, 0.3) is 5.91 Å². The molecule has 1 atom stereocenters. The van der Waals surface area contributed by atoms with Crippen molar-refractivity contribution in [3.05, 3.63) is 58.9 Å². The molecule has 28 heavy (non-hydrogen) atoms. The molecule has 2 aromatic rings. The first kappa shape index (κ1) is 19.8. The lowest BCUT2D eigenvalue weighted by atomic mass is 10.1. The van der Waals surface area contributed by atoms with Crippen molar-refractivity contribution < 1.29 is 23.5 Å². The number of halogens is 2. The molecule has 0 aromatic heterocycles. The lowest BCUT2D eigenvalue weighted by Crippen LogP contribution is -2.28. The van der Waals surface area contributed by atoms with Crippen molar-refractivity contribution in [2.75, 3.05) is 23.4 Å². The Morgan fingerprint density at radius 1 is 1.25 bits per heavy atom. The molecule has 6 nitrogen and oxygen atoms in total. The van der Waals surface area contributed by atoms with Crippen molar-refractivity contribution >= 4 is 40.8 Å². The highest BCUT2D eigenvalue weighted by Crippen LogP contribution is 2.26. The molecule has 1 fully saturated rings. The van der Waals surface area contributed by atoms with Gasteiger partial charge in [0.1, 0.15) is 5.82 Å². The van der Waals surface area contributed by atoms with Crippen molar-refractivity contribution in [3.8, 4) is 0 Å². The monoisotopic (exact) mass is 404 g/mol. The van der Waals surface area contributed by atoms with E-state index in [-0.39, 0.29) is 29.6 Å². The van der Waals surface area contributed by atoms with Crippen LogP contribution in [0.25, 0.3) is 0 Å². The fourth-order valence-corrected chi connectivity index (χ4v) is 3.05. The summed E-state index contributed by atoms with van der Waals surface area (Å²) >= 11 is 5.65. The van der Waals surface area contributed by atoms with E-state index < -0.39 is 30.2 Å². The van der Waals surface area contributed by atoms with Crippen LogP contribution in [-0.2, 0) is 19.1 Å². The first-order valence-electron chi connectivity index (χ1n) is 8.62. The third-order valence-corrected chi connectivity index (χ3v) is 4.64.